The maximum absolute atomic E-state index is 13.6. The first-order chi connectivity index (χ1) is 16.5. The zero-order chi connectivity index (χ0) is 25.6. The number of rotatable bonds is 9. The van der Waals surface area contributed by atoms with Gasteiger partial charge in [0.25, 0.3) is 0 Å². The van der Waals surface area contributed by atoms with E-state index in [0.717, 1.165) is 52.9 Å². The molecule has 2 amide bonds. The fourth-order valence-corrected chi connectivity index (χ4v) is 5.47. The van der Waals surface area contributed by atoms with Crippen molar-refractivity contribution in [1.29, 1.82) is 0 Å². The molecule has 1 saturated carbocycles. The number of hydrogen-bond donors (Lipinski definition) is 1. The summed E-state index contributed by atoms with van der Waals surface area (Å²) >= 11 is 0. The van der Waals surface area contributed by atoms with Crippen molar-refractivity contribution in [3.8, 4) is 0 Å². The van der Waals surface area contributed by atoms with Crippen molar-refractivity contribution in [2.75, 3.05) is 17.1 Å². The minimum atomic E-state index is -3.74. The van der Waals surface area contributed by atoms with Crippen LogP contribution < -0.4 is 9.62 Å². The number of aryl methyl sites for hydroxylation is 2. The van der Waals surface area contributed by atoms with Crippen LogP contribution >= 0.6 is 0 Å². The largest absolute Gasteiger partial charge is 0.352 e. The van der Waals surface area contributed by atoms with Crippen LogP contribution in [0.1, 0.15) is 55.7 Å². The molecule has 0 aromatic heterocycles. The fraction of sp³-hybridized carbons (Fsp3) is 0.481. The summed E-state index contributed by atoms with van der Waals surface area (Å²) in [6.45, 7) is 5.32. The lowest BCUT2D eigenvalue weighted by atomic mass is 9.95. The lowest BCUT2D eigenvalue weighted by molar-refractivity contribution is -0.139. The van der Waals surface area contributed by atoms with E-state index in [4.69, 9.17) is 0 Å². The van der Waals surface area contributed by atoms with Gasteiger partial charge in [0.1, 0.15) is 12.6 Å². The molecule has 1 aliphatic rings. The predicted molar refractivity (Wildman–Crippen MR) is 140 cm³/mol. The van der Waals surface area contributed by atoms with Gasteiger partial charge in [-0.25, -0.2) is 8.42 Å². The molecular weight excluding hydrogens is 462 g/mol. The highest BCUT2D eigenvalue weighted by atomic mass is 32.2. The van der Waals surface area contributed by atoms with Crippen LogP contribution in [0.3, 0.4) is 0 Å². The Kier molecular flexibility index (Phi) is 8.94. The number of carbonyl (C=O) groups excluding carboxylic acids is 2. The van der Waals surface area contributed by atoms with Gasteiger partial charge in [0.05, 0.1) is 11.9 Å². The van der Waals surface area contributed by atoms with Crippen LogP contribution in [0.25, 0.3) is 0 Å². The van der Waals surface area contributed by atoms with E-state index in [1.165, 1.54) is 11.3 Å². The monoisotopic (exact) mass is 499 g/mol. The summed E-state index contributed by atoms with van der Waals surface area (Å²) in [5.41, 5.74) is 3.12. The molecule has 1 atom stereocenters. The number of hydrogen-bond acceptors (Lipinski definition) is 4. The van der Waals surface area contributed by atoms with Crippen molar-refractivity contribution in [2.45, 2.75) is 71.5 Å². The van der Waals surface area contributed by atoms with E-state index in [-0.39, 0.29) is 25.0 Å². The molecule has 0 radical (unpaired) electrons. The first-order valence-corrected chi connectivity index (χ1v) is 14.1. The standard InChI is InChI=1S/C27H37N3O4S/c1-20-15-21(2)17-25(16-20)30(35(4,33)34)19-26(31)29(18-23-11-7-5-8-12-23)22(3)27(32)28-24-13-9-6-10-14-24/h5,7-8,11-12,15-17,22,24H,6,9-10,13-14,18-19H2,1-4H3,(H,28,32)/t22-/m0/s1. The summed E-state index contributed by atoms with van der Waals surface area (Å²) in [6, 6.07) is 14.3. The Morgan fingerprint density at radius 2 is 1.60 bits per heavy atom. The molecular formula is C27H37N3O4S. The van der Waals surface area contributed by atoms with E-state index >= 15 is 0 Å². The number of nitrogens with zero attached hydrogens (tertiary/aromatic N) is 2. The Balaban J connectivity index is 1.87. The average molecular weight is 500 g/mol. The first-order valence-electron chi connectivity index (χ1n) is 12.2. The van der Waals surface area contributed by atoms with E-state index in [0.29, 0.717) is 5.69 Å². The molecule has 2 aromatic carbocycles. The maximum atomic E-state index is 13.6. The van der Waals surface area contributed by atoms with E-state index in [9.17, 15) is 18.0 Å². The topological polar surface area (TPSA) is 86.8 Å². The van der Waals surface area contributed by atoms with E-state index < -0.39 is 22.0 Å². The lowest BCUT2D eigenvalue weighted by Crippen LogP contribution is -2.53. The molecule has 0 saturated heterocycles. The van der Waals surface area contributed by atoms with Crippen LogP contribution in [0.5, 0.6) is 0 Å². The van der Waals surface area contributed by atoms with E-state index in [1.807, 2.05) is 50.2 Å². The molecule has 35 heavy (non-hydrogen) atoms. The SMILES string of the molecule is Cc1cc(C)cc(N(CC(=O)N(Cc2ccccc2)[C@@H](C)C(=O)NC2CCCCC2)S(C)(=O)=O)c1. The molecule has 0 spiro atoms. The van der Waals surface area contributed by atoms with Crippen LogP contribution in [0.4, 0.5) is 5.69 Å². The van der Waals surface area contributed by atoms with Crippen molar-refractivity contribution >= 4 is 27.5 Å². The average Bonchev–Trinajstić information content (AvgIpc) is 2.80. The molecule has 1 fully saturated rings. The molecule has 0 heterocycles. The van der Waals surface area contributed by atoms with Gasteiger partial charge in [0.2, 0.25) is 21.8 Å². The zero-order valence-corrected chi connectivity index (χ0v) is 22.0. The molecule has 190 valence electrons. The molecule has 7 nitrogen and oxygen atoms in total. The van der Waals surface area contributed by atoms with Crippen molar-refractivity contribution < 1.29 is 18.0 Å². The summed E-state index contributed by atoms with van der Waals surface area (Å²) in [4.78, 5) is 28.3. The first kappa shape index (κ1) is 26.7. The molecule has 1 N–H and O–H groups in total. The van der Waals surface area contributed by atoms with Crippen molar-refractivity contribution in [2.24, 2.45) is 0 Å². The predicted octanol–water partition coefficient (Wildman–Crippen LogP) is 3.94. The van der Waals surface area contributed by atoms with E-state index in [2.05, 4.69) is 5.32 Å². The van der Waals surface area contributed by atoms with Gasteiger partial charge < -0.3 is 10.2 Å². The maximum Gasteiger partial charge on any atom is 0.244 e. The molecule has 0 bridgehead atoms. The number of nitrogens with one attached hydrogen (secondary N) is 1. The highest BCUT2D eigenvalue weighted by Gasteiger charge is 2.31. The van der Waals surface area contributed by atoms with Crippen molar-refractivity contribution in [3.63, 3.8) is 0 Å². The minimum Gasteiger partial charge on any atom is -0.352 e. The van der Waals surface area contributed by atoms with Crippen LogP contribution in [0.2, 0.25) is 0 Å². The Hall–Kier alpha value is -2.87. The Morgan fingerprint density at radius 3 is 2.17 bits per heavy atom. The third-order valence-corrected chi connectivity index (χ3v) is 7.63. The molecule has 0 unspecified atom stereocenters. The van der Waals surface area contributed by atoms with Crippen molar-refractivity contribution in [3.05, 3.63) is 65.2 Å². The highest BCUT2D eigenvalue weighted by molar-refractivity contribution is 7.92. The van der Waals surface area contributed by atoms with Gasteiger partial charge in [-0.15, -0.1) is 0 Å². The van der Waals surface area contributed by atoms with E-state index in [1.54, 1.807) is 19.1 Å². The van der Waals surface area contributed by atoms with Gasteiger partial charge in [0.15, 0.2) is 0 Å². The highest BCUT2D eigenvalue weighted by Crippen LogP contribution is 2.23. The second-order valence-corrected chi connectivity index (χ2v) is 11.5. The number of amides is 2. The molecule has 2 aromatic rings. The summed E-state index contributed by atoms with van der Waals surface area (Å²) in [6.07, 6.45) is 6.34. The smallest absolute Gasteiger partial charge is 0.244 e. The van der Waals surface area contributed by atoms with Crippen LogP contribution in [-0.4, -0.2) is 50.0 Å². The molecule has 8 heteroatoms. The second kappa shape index (κ2) is 11.7. The molecule has 1 aliphatic carbocycles. The quantitative estimate of drug-likeness (QED) is 0.566. The van der Waals surface area contributed by atoms with Gasteiger partial charge in [-0.2, -0.15) is 0 Å². The Bertz CT molecular complexity index is 1110. The summed E-state index contributed by atoms with van der Waals surface area (Å²) in [5, 5.41) is 3.11. The molecule has 0 aliphatic heterocycles. The third-order valence-electron chi connectivity index (χ3n) is 6.49. The van der Waals surface area contributed by atoms with Crippen LogP contribution in [-0.2, 0) is 26.2 Å². The fourth-order valence-electron chi connectivity index (χ4n) is 4.64. The normalized spacial score (nSPS) is 15.3. The van der Waals surface area contributed by atoms with Gasteiger partial charge in [0, 0.05) is 12.6 Å². The third kappa shape index (κ3) is 7.56. The zero-order valence-electron chi connectivity index (χ0n) is 21.2. The second-order valence-electron chi connectivity index (χ2n) is 9.64. The van der Waals surface area contributed by atoms with Crippen LogP contribution in [0.15, 0.2) is 48.5 Å². The van der Waals surface area contributed by atoms with Gasteiger partial charge in [-0.1, -0.05) is 55.7 Å². The number of anilines is 1. The number of sulfonamides is 1. The Morgan fingerprint density at radius 1 is 1.00 bits per heavy atom. The van der Waals surface area contributed by atoms with Gasteiger partial charge in [-0.05, 0) is 62.4 Å². The summed E-state index contributed by atoms with van der Waals surface area (Å²) in [5.74, 6) is -0.636. The molecule has 3 rings (SSSR count). The number of benzene rings is 2. The minimum absolute atomic E-state index is 0.121. The summed E-state index contributed by atoms with van der Waals surface area (Å²) in [7, 11) is -3.74. The Labute approximate surface area is 209 Å². The lowest BCUT2D eigenvalue weighted by Gasteiger charge is -2.33. The summed E-state index contributed by atoms with van der Waals surface area (Å²) < 4.78 is 26.6. The van der Waals surface area contributed by atoms with Crippen LogP contribution in [0, 0.1) is 13.8 Å². The van der Waals surface area contributed by atoms with Crippen molar-refractivity contribution in [1.82, 2.24) is 10.2 Å². The van der Waals surface area contributed by atoms with Gasteiger partial charge in [-0.3, -0.25) is 13.9 Å². The van der Waals surface area contributed by atoms with Gasteiger partial charge >= 0.3 is 0 Å². The number of carbonyl (C=O) groups is 2.